The molecule has 0 unspecified atom stereocenters. The van der Waals surface area contributed by atoms with Gasteiger partial charge in [-0.05, 0) is 18.2 Å². The standard InChI is InChI=1S/C13H18ClNO4/c1-15(6-8-19-7-5-14)13(17)10-3-4-12(18-2)11(16)9-10/h3-4,9,16H,5-8H2,1-2H3. The molecule has 106 valence electrons. The van der Waals surface area contributed by atoms with Gasteiger partial charge in [-0.15, -0.1) is 11.6 Å². The van der Waals surface area contributed by atoms with Gasteiger partial charge >= 0.3 is 0 Å². The molecule has 1 aromatic carbocycles. The molecule has 0 spiro atoms. The van der Waals surface area contributed by atoms with E-state index in [-0.39, 0.29) is 11.7 Å². The predicted molar refractivity (Wildman–Crippen MR) is 73.2 cm³/mol. The van der Waals surface area contributed by atoms with E-state index in [2.05, 4.69) is 0 Å². The lowest BCUT2D eigenvalue weighted by Gasteiger charge is -2.17. The van der Waals surface area contributed by atoms with Gasteiger partial charge < -0.3 is 19.5 Å². The van der Waals surface area contributed by atoms with Crippen molar-refractivity contribution >= 4 is 17.5 Å². The molecule has 0 fully saturated rings. The van der Waals surface area contributed by atoms with E-state index >= 15 is 0 Å². The zero-order valence-electron chi connectivity index (χ0n) is 11.1. The number of methoxy groups -OCH3 is 1. The van der Waals surface area contributed by atoms with E-state index in [0.29, 0.717) is 37.0 Å². The van der Waals surface area contributed by atoms with Crippen molar-refractivity contribution in [3.63, 3.8) is 0 Å². The van der Waals surface area contributed by atoms with Crippen molar-refractivity contribution in [2.45, 2.75) is 0 Å². The molecule has 1 N–H and O–H groups in total. The first kappa shape index (κ1) is 15.6. The van der Waals surface area contributed by atoms with Crippen molar-refractivity contribution in [3.05, 3.63) is 23.8 Å². The van der Waals surface area contributed by atoms with Crippen LogP contribution < -0.4 is 4.74 Å². The number of nitrogens with zero attached hydrogens (tertiary/aromatic N) is 1. The molecular weight excluding hydrogens is 270 g/mol. The van der Waals surface area contributed by atoms with Gasteiger partial charge in [0.2, 0.25) is 0 Å². The van der Waals surface area contributed by atoms with Gasteiger partial charge in [0, 0.05) is 25.0 Å². The number of aromatic hydroxyl groups is 1. The van der Waals surface area contributed by atoms with Crippen molar-refractivity contribution in [2.75, 3.05) is 39.8 Å². The Morgan fingerprint density at radius 1 is 1.42 bits per heavy atom. The molecule has 6 heteroatoms. The molecular formula is C13H18ClNO4. The summed E-state index contributed by atoms with van der Waals surface area (Å²) in [6.45, 7) is 1.35. The normalized spacial score (nSPS) is 10.3. The molecule has 1 rings (SSSR count). The maximum absolute atomic E-state index is 12.1. The SMILES string of the molecule is COc1ccc(C(=O)N(C)CCOCCCl)cc1O. The third-order valence-corrected chi connectivity index (χ3v) is 2.72. The van der Waals surface area contributed by atoms with E-state index in [9.17, 15) is 9.90 Å². The van der Waals surface area contributed by atoms with Gasteiger partial charge in [-0.1, -0.05) is 0 Å². The Morgan fingerprint density at radius 3 is 2.74 bits per heavy atom. The number of halogens is 1. The topological polar surface area (TPSA) is 59.0 Å². The molecule has 1 aromatic rings. The monoisotopic (exact) mass is 287 g/mol. The number of carbonyl (C=O) groups is 1. The molecule has 19 heavy (non-hydrogen) atoms. The fourth-order valence-electron chi connectivity index (χ4n) is 1.50. The molecule has 5 nitrogen and oxygen atoms in total. The van der Waals surface area contributed by atoms with Crippen LogP contribution in [0.25, 0.3) is 0 Å². The van der Waals surface area contributed by atoms with Crippen molar-refractivity contribution in [3.8, 4) is 11.5 Å². The Hall–Kier alpha value is -1.46. The first-order chi connectivity index (χ1) is 9.10. The van der Waals surface area contributed by atoms with E-state index in [1.807, 2.05) is 0 Å². The van der Waals surface area contributed by atoms with Gasteiger partial charge in [0.15, 0.2) is 11.5 Å². The summed E-state index contributed by atoms with van der Waals surface area (Å²) in [5.41, 5.74) is 0.401. The highest BCUT2D eigenvalue weighted by molar-refractivity contribution is 6.17. The number of carbonyl (C=O) groups excluding carboxylic acids is 1. The number of phenolic OH excluding ortho intramolecular Hbond substituents is 1. The summed E-state index contributed by atoms with van der Waals surface area (Å²) in [6, 6.07) is 4.55. The first-order valence-electron chi connectivity index (χ1n) is 5.86. The summed E-state index contributed by atoms with van der Waals surface area (Å²) in [5, 5.41) is 9.63. The van der Waals surface area contributed by atoms with Crippen molar-refractivity contribution in [1.29, 1.82) is 0 Å². The van der Waals surface area contributed by atoms with Crippen LogP contribution in [-0.4, -0.2) is 55.7 Å². The molecule has 0 heterocycles. The zero-order valence-corrected chi connectivity index (χ0v) is 11.8. The molecule has 0 aliphatic carbocycles. The van der Waals surface area contributed by atoms with Crippen LogP contribution in [0, 0.1) is 0 Å². The molecule has 0 radical (unpaired) electrons. The van der Waals surface area contributed by atoms with Crippen molar-refractivity contribution in [2.24, 2.45) is 0 Å². The average Bonchev–Trinajstić information content (AvgIpc) is 2.42. The molecule has 0 aliphatic rings. The summed E-state index contributed by atoms with van der Waals surface area (Å²) in [4.78, 5) is 13.6. The van der Waals surface area contributed by atoms with E-state index in [1.165, 1.54) is 18.1 Å². The van der Waals surface area contributed by atoms with Crippen LogP contribution in [0.5, 0.6) is 11.5 Å². The van der Waals surface area contributed by atoms with Crippen LogP contribution >= 0.6 is 11.6 Å². The van der Waals surface area contributed by atoms with E-state index in [1.54, 1.807) is 19.2 Å². The van der Waals surface area contributed by atoms with Crippen LogP contribution in [0.3, 0.4) is 0 Å². The minimum Gasteiger partial charge on any atom is -0.504 e. The lowest BCUT2D eigenvalue weighted by atomic mass is 10.2. The van der Waals surface area contributed by atoms with Gasteiger partial charge in [-0.2, -0.15) is 0 Å². The van der Waals surface area contributed by atoms with Crippen LogP contribution in [0.4, 0.5) is 0 Å². The highest BCUT2D eigenvalue weighted by atomic mass is 35.5. The molecule has 0 bridgehead atoms. The molecule has 0 saturated carbocycles. The van der Waals surface area contributed by atoms with Crippen LogP contribution in [-0.2, 0) is 4.74 Å². The maximum atomic E-state index is 12.1. The third kappa shape index (κ3) is 4.61. The number of benzene rings is 1. The van der Waals surface area contributed by atoms with Crippen LogP contribution in [0.1, 0.15) is 10.4 Å². The number of phenols is 1. The van der Waals surface area contributed by atoms with Crippen molar-refractivity contribution in [1.82, 2.24) is 4.90 Å². The molecule has 0 atom stereocenters. The summed E-state index contributed by atoms with van der Waals surface area (Å²) in [6.07, 6.45) is 0. The summed E-state index contributed by atoms with van der Waals surface area (Å²) in [5.74, 6) is 0.529. The quantitative estimate of drug-likeness (QED) is 0.613. The number of likely N-dealkylation sites (N-methyl/N-ethyl adjacent to an activating group) is 1. The largest absolute Gasteiger partial charge is 0.504 e. The fraction of sp³-hybridized carbons (Fsp3) is 0.462. The molecule has 1 amide bonds. The van der Waals surface area contributed by atoms with Crippen LogP contribution in [0.15, 0.2) is 18.2 Å². The smallest absolute Gasteiger partial charge is 0.253 e. The number of alkyl halides is 1. The van der Waals surface area contributed by atoms with Gasteiger partial charge in [-0.25, -0.2) is 0 Å². The Morgan fingerprint density at radius 2 is 2.16 bits per heavy atom. The second-order valence-corrected chi connectivity index (χ2v) is 4.29. The van der Waals surface area contributed by atoms with E-state index in [0.717, 1.165) is 0 Å². The lowest BCUT2D eigenvalue weighted by molar-refractivity contribution is 0.0711. The summed E-state index contributed by atoms with van der Waals surface area (Å²) >= 11 is 5.48. The number of ether oxygens (including phenoxy) is 2. The second kappa shape index (κ2) is 7.86. The van der Waals surface area contributed by atoms with Gasteiger partial charge in [0.25, 0.3) is 5.91 Å². The number of hydrogen-bond acceptors (Lipinski definition) is 4. The Balaban J connectivity index is 2.59. The van der Waals surface area contributed by atoms with Gasteiger partial charge in [0.05, 0.1) is 20.3 Å². The Labute approximate surface area is 117 Å². The minimum atomic E-state index is -0.188. The maximum Gasteiger partial charge on any atom is 0.253 e. The highest BCUT2D eigenvalue weighted by Crippen LogP contribution is 2.26. The number of rotatable bonds is 7. The van der Waals surface area contributed by atoms with E-state index < -0.39 is 0 Å². The number of amides is 1. The van der Waals surface area contributed by atoms with Gasteiger partial charge in [0.1, 0.15) is 0 Å². The van der Waals surface area contributed by atoms with Crippen molar-refractivity contribution < 1.29 is 19.4 Å². The fourth-order valence-corrected chi connectivity index (χ4v) is 1.61. The third-order valence-electron chi connectivity index (χ3n) is 2.57. The van der Waals surface area contributed by atoms with E-state index in [4.69, 9.17) is 21.1 Å². The first-order valence-corrected chi connectivity index (χ1v) is 6.39. The summed E-state index contributed by atoms with van der Waals surface area (Å²) in [7, 11) is 3.13. The molecule has 0 saturated heterocycles. The highest BCUT2D eigenvalue weighted by Gasteiger charge is 2.13. The van der Waals surface area contributed by atoms with Crippen LogP contribution in [0.2, 0.25) is 0 Å². The lowest BCUT2D eigenvalue weighted by Crippen LogP contribution is -2.30. The van der Waals surface area contributed by atoms with Gasteiger partial charge in [-0.3, -0.25) is 4.79 Å². The molecule has 0 aromatic heterocycles. The predicted octanol–water partition coefficient (Wildman–Crippen LogP) is 1.73. The molecule has 0 aliphatic heterocycles. The Kier molecular flexibility index (Phi) is 6.45. The number of hydrogen-bond donors (Lipinski definition) is 1. The average molecular weight is 288 g/mol. The Bertz CT molecular complexity index is 425. The summed E-state index contributed by atoms with van der Waals surface area (Å²) < 4.78 is 10.1. The minimum absolute atomic E-state index is 0.0554. The zero-order chi connectivity index (χ0) is 14.3. The second-order valence-electron chi connectivity index (χ2n) is 3.91.